The van der Waals surface area contributed by atoms with Gasteiger partial charge in [0.15, 0.2) is 0 Å². The quantitative estimate of drug-likeness (QED) is 0.774. The van der Waals surface area contributed by atoms with Gasteiger partial charge in [-0.25, -0.2) is 0 Å². The first kappa shape index (κ1) is 19.9. The fourth-order valence-corrected chi connectivity index (χ4v) is 3.15. The maximum atomic E-state index is 12.6. The summed E-state index contributed by atoms with van der Waals surface area (Å²) in [5, 5.41) is 2.91. The van der Waals surface area contributed by atoms with Gasteiger partial charge in [0.05, 0.1) is 12.5 Å². The average Bonchev–Trinajstić information content (AvgIpc) is 3.05. The molecular formula is C23H28N2O3. The van der Waals surface area contributed by atoms with Crippen LogP contribution >= 0.6 is 0 Å². The van der Waals surface area contributed by atoms with E-state index in [1.54, 1.807) is 4.90 Å². The van der Waals surface area contributed by atoms with Crippen molar-refractivity contribution in [2.45, 2.75) is 33.6 Å². The maximum Gasteiger partial charge on any atom is 0.229 e. The summed E-state index contributed by atoms with van der Waals surface area (Å²) in [6.45, 7) is 7.42. The second-order valence-electron chi connectivity index (χ2n) is 7.79. The third-order valence-electron chi connectivity index (χ3n) is 4.93. The van der Waals surface area contributed by atoms with Crippen LogP contribution in [0, 0.1) is 18.8 Å². The summed E-state index contributed by atoms with van der Waals surface area (Å²) < 4.78 is 5.70. The maximum absolute atomic E-state index is 12.6. The average molecular weight is 380 g/mol. The molecule has 0 bridgehead atoms. The van der Waals surface area contributed by atoms with Crippen LogP contribution in [-0.4, -0.2) is 25.0 Å². The molecule has 2 amide bonds. The minimum absolute atomic E-state index is 0.0158. The molecule has 0 aliphatic carbocycles. The molecule has 0 saturated carbocycles. The molecule has 1 N–H and O–H groups in total. The summed E-state index contributed by atoms with van der Waals surface area (Å²) in [4.78, 5) is 26.6. The lowest BCUT2D eigenvalue weighted by molar-refractivity contribution is -0.122. The van der Waals surface area contributed by atoms with Gasteiger partial charge in [0.2, 0.25) is 11.8 Å². The molecule has 1 atom stereocenters. The van der Waals surface area contributed by atoms with Crippen LogP contribution < -0.4 is 15.0 Å². The molecule has 2 aromatic carbocycles. The first-order valence-corrected chi connectivity index (χ1v) is 9.83. The topological polar surface area (TPSA) is 58.6 Å². The highest BCUT2D eigenvalue weighted by Gasteiger charge is 2.35. The summed E-state index contributed by atoms with van der Waals surface area (Å²) in [5.41, 5.74) is 2.69. The highest BCUT2D eigenvalue weighted by molar-refractivity contribution is 6.03. The normalized spacial score (nSPS) is 16.5. The molecule has 0 unspecified atom stereocenters. The van der Waals surface area contributed by atoms with E-state index in [-0.39, 0.29) is 24.2 Å². The molecule has 2 aromatic rings. The van der Waals surface area contributed by atoms with Crippen LogP contribution in [0.15, 0.2) is 48.5 Å². The smallest absolute Gasteiger partial charge is 0.229 e. The van der Waals surface area contributed by atoms with E-state index in [4.69, 9.17) is 4.74 Å². The Morgan fingerprint density at radius 1 is 1.14 bits per heavy atom. The number of hydrogen-bond donors (Lipinski definition) is 1. The number of rotatable bonds is 7. The predicted molar refractivity (Wildman–Crippen MR) is 112 cm³/mol. The van der Waals surface area contributed by atoms with Crippen LogP contribution in [0.1, 0.15) is 32.3 Å². The largest absolute Gasteiger partial charge is 0.494 e. The Hall–Kier alpha value is -2.82. The van der Waals surface area contributed by atoms with Crippen LogP contribution in [0.3, 0.4) is 0 Å². The van der Waals surface area contributed by atoms with Gasteiger partial charge in [-0.05, 0) is 55.7 Å². The van der Waals surface area contributed by atoms with E-state index in [1.165, 1.54) is 0 Å². The molecule has 5 heteroatoms. The number of ether oxygens (including phenoxy) is 1. The Balaban J connectivity index is 1.54. The highest BCUT2D eigenvalue weighted by atomic mass is 16.5. The molecule has 1 aliphatic heterocycles. The van der Waals surface area contributed by atoms with Crippen molar-refractivity contribution in [3.63, 3.8) is 0 Å². The summed E-state index contributed by atoms with van der Waals surface area (Å²) in [6, 6.07) is 15.2. The number of anilines is 2. The molecule has 1 heterocycles. The molecule has 5 nitrogen and oxygen atoms in total. The van der Waals surface area contributed by atoms with E-state index in [9.17, 15) is 9.59 Å². The minimum Gasteiger partial charge on any atom is -0.494 e. The Kier molecular flexibility index (Phi) is 6.34. The Morgan fingerprint density at radius 3 is 2.46 bits per heavy atom. The number of benzene rings is 2. The lowest BCUT2D eigenvalue weighted by Gasteiger charge is -2.17. The lowest BCUT2D eigenvalue weighted by atomic mass is 10.1. The summed E-state index contributed by atoms with van der Waals surface area (Å²) in [7, 11) is 0. The molecule has 148 valence electrons. The van der Waals surface area contributed by atoms with Gasteiger partial charge in [0.25, 0.3) is 0 Å². The monoisotopic (exact) mass is 380 g/mol. The van der Waals surface area contributed by atoms with E-state index < -0.39 is 0 Å². The van der Waals surface area contributed by atoms with Crippen LogP contribution in [0.5, 0.6) is 5.75 Å². The highest BCUT2D eigenvalue weighted by Crippen LogP contribution is 2.26. The van der Waals surface area contributed by atoms with Crippen LogP contribution in [0.2, 0.25) is 0 Å². The molecule has 28 heavy (non-hydrogen) atoms. The van der Waals surface area contributed by atoms with Gasteiger partial charge < -0.3 is 15.0 Å². The van der Waals surface area contributed by atoms with E-state index in [2.05, 4.69) is 19.2 Å². The zero-order valence-corrected chi connectivity index (χ0v) is 16.8. The number of carbonyl (C=O) groups is 2. The van der Waals surface area contributed by atoms with Gasteiger partial charge in [-0.3, -0.25) is 9.59 Å². The van der Waals surface area contributed by atoms with E-state index >= 15 is 0 Å². The summed E-state index contributed by atoms with van der Waals surface area (Å²) in [6.07, 6.45) is 1.24. The van der Waals surface area contributed by atoms with Crippen LogP contribution in [0.4, 0.5) is 11.4 Å². The first-order chi connectivity index (χ1) is 13.4. The van der Waals surface area contributed by atoms with Gasteiger partial charge in [0.1, 0.15) is 5.75 Å². The molecule has 1 fully saturated rings. The number of aryl methyl sites for hydroxylation is 1. The Labute approximate surface area is 166 Å². The van der Waals surface area contributed by atoms with Gasteiger partial charge in [-0.15, -0.1) is 0 Å². The van der Waals surface area contributed by atoms with Crippen molar-refractivity contribution >= 4 is 23.2 Å². The van der Waals surface area contributed by atoms with Crippen molar-refractivity contribution in [1.29, 1.82) is 0 Å². The zero-order valence-electron chi connectivity index (χ0n) is 16.8. The lowest BCUT2D eigenvalue weighted by Crippen LogP contribution is -2.28. The number of nitrogens with one attached hydrogen (secondary N) is 1. The van der Waals surface area contributed by atoms with E-state index in [0.717, 1.165) is 23.4 Å². The Morgan fingerprint density at radius 2 is 1.82 bits per heavy atom. The van der Waals surface area contributed by atoms with E-state index in [0.29, 0.717) is 24.8 Å². The molecule has 1 aliphatic rings. The number of nitrogens with zero attached hydrogens (tertiary/aromatic N) is 1. The van der Waals surface area contributed by atoms with Gasteiger partial charge in [0, 0.05) is 24.3 Å². The molecule has 0 radical (unpaired) electrons. The van der Waals surface area contributed by atoms with E-state index in [1.807, 2.05) is 55.5 Å². The fourth-order valence-electron chi connectivity index (χ4n) is 3.15. The van der Waals surface area contributed by atoms with Crippen molar-refractivity contribution in [2.75, 3.05) is 23.4 Å². The third kappa shape index (κ3) is 5.12. The molecular weight excluding hydrogens is 352 g/mol. The molecule has 3 rings (SSSR count). The third-order valence-corrected chi connectivity index (χ3v) is 4.93. The van der Waals surface area contributed by atoms with Gasteiger partial charge >= 0.3 is 0 Å². The summed E-state index contributed by atoms with van der Waals surface area (Å²) >= 11 is 0. The standard InChI is InChI=1S/C23H28N2O3/c1-16(2)12-13-28-21-10-6-19(7-11-21)24-23(27)18-14-22(26)25(15-18)20-8-4-17(3)5-9-20/h4-11,16,18H,12-15H2,1-3H3,(H,24,27)/t18-/m0/s1. The van der Waals surface area contributed by atoms with Crippen LogP contribution in [0.25, 0.3) is 0 Å². The number of carbonyl (C=O) groups excluding carboxylic acids is 2. The molecule has 0 aromatic heterocycles. The zero-order chi connectivity index (χ0) is 20.1. The fraction of sp³-hybridized carbons (Fsp3) is 0.391. The molecule has 0 spiro atoms. The van der Waals surface area contributed by atoms with Crippen molar-refractivity contribution in [2.24, 2.45) is 11.8 Å². The second kappa shape index (κ2) is 8.91. The first-order valence-electron chi connectivity index (χ1n) is 9.83. The Bertz CT molecular complexity index is 813. The van der Waals surface area contributed by atoms with Gasteiger partial charge in [-0.2, -0.15) is 0 Å². The second-order valence-corrected chi connectivity index (χ2v) is 7.79. The summed E-state index contributed by atoms with van der Waals surface area (Å²) in [5.74, 6) is 0.900. The SMILES string of the molecule is Cc1ccc(N2C[C@@H](C(=O)Nc3ccc(OCCC(C)C)cc3)CC2=O)cc1. The van der Waals surface area contributed by atoms with Crippen LogP contribution in [-0.2, 0) is 9.59 Å². The van der Waals surface area contributed by atoms with Crippen molar-refractivity contribution < 1.29 is 14.3 Å². The minimum atomic E-state index is -0.351. The molecule has 1 saturated heterocycles. The van der Waals surface area contributed by atoms with Crippen molar-refractivity contribution in [1.82, 2.24) is 0 Å². The predicted octanol–water partition coefficient (Wildman–Crippen LogP) is 4.41. The van der Waals surface area contributed by atoms with Crippen molar-refractivity contribution in [3.8, 4) is 5.75 Å². The number of amides is 2. The van der Waals surface area contributed by atoms with Gasteiger partial charge in [-0.1, -0.05) is 31.5 Å². The number of hydrogen-bond acceptors (Lipinski definition) is 3. The van der Waals surface area contributed by atoms with Crippen molar-refractivity contribution in [3.05, 3.63) is 54.1 Å².